The Morgan fingerprint density at radius 1 is 1.04 bits per heavy atom. The summed E-state index contributed by atoms with van der Waals surface area (Å²) in [6, 6.07) is 12.6. The topological polar surface area (TPSA) is 70.6 Å². The van der Waals surface area contributed by atoms with E-state index in [9.17, 15) is 9.59 Å². The van der Waals surface area contributed by atoms with Gasteiger partial charge in [0.25, 0.3) is 0 Å². The first-order chi connectivity index (χ1) is 11.0. The molecule has 6 heteroatoms. The summed E-state index contributed by atoms with van der Waals surface area (Å²) < 4.78 is 0. The molecule has 2 N–H and O–H groups in total. The Bertz CT molecular complexity index is 755. The molecule has 0 atom stereocenters. The first-order valence-electron chi connectivity index (χ1n) is 6.93. The average Bonchev–Trinajstić information content (AvgIpc) is 2.51. The smallest absolute Gasteiger partial charge is 0.317 e. The largest absolute Gasteiger partial charge is 0.329 e. The molecule has 118 valence electrons. The van der Waals surface area contributed by atoms with Crippen LogP contribution in [0.4, 0.5) is 5.69 Å². The van der Waals surface area contributed by atoms with Crippen LogP contribution in [0.5, 0.6) is 0 Å². The lowest BCUT2D eigenvalue weighted by Gasteiger charge is -2.07. The highest BCUT2D eigenvalue weighted by Gasteiger charge is 2.13. The predicted molar refractivity (Wildman–Crippen MR) is 91.7 cm³/mol. The van der Waals surface area contributed by atoms with E-state index in [4.69, 9.17) is 11.6 Å². The number of nitrogens with one attached hydrogen (secondary N) is 2. The average molecular weight is 330 g/mol. The van der Waals surface area contributed by atoms with Crippen molar-refractivity contribution < 1.29 is 9.59 Å². The van der Waals surface area contributed by atoms with E-state index in [1.807, 2.05) is 31.2 Å². The molecule has 0 aromatic heterocycles. The van der Waals surface area contributed by atoms with Gasteiger partial charge in [-0.15, -0.1) is 0 Å². The van der Waals surface area contributed by atoms with Crippen molar-refractivity contribution in [2.75, 3.05) is 5.32 Å². The normalized spacial score (nSPS) is 10.6. The maximum Gasteiger partial charge on any atom is 0.329 e. The number of halogens is 1. The van der Waals surface area contributed by atoms with Crippen molar-refractivity contribution in [2.24, 2.45) is 5.10 Å². The maximum atomic E-state index is 11.8. The van der Waals surface area contributed by atoms with Crippen molar-refractivity contribution in [1.82, 2.24) is 5.43 Å². The minimum atomic E-state index is -0.845. The summed E-state index contributed by atoms with van der Waals surface area (Å²) in [5.74, 6) is -1.64. The summed E-state index contributed by atoms with van der Waals surface area (Å²) in [4.78, 5) is 23.5. The lowest BCUT2D eigenvalue weighted by atomic mass is 10.2. The number of hydrazone groups is 1. The van der Waals surface area contributed by atoms with Crippen LogP contribution < -0.4 is 10.7 Å². The van der Waals surface area contributed by atoms with Gasteiger partial charge >= 0.3 is 11.8 Å². The third kappa shape index (κ3) is 4.93. The van der Waals surface area contributed by atoms with Gasteiger partial charge in [0.05, 0.1) is 6.21 Å². The molecule has 2 aromatic rings. The number of hydrogen-bond donors (Lipinski definition) is 2. The van der Waals surface area contributed by atoms with Crippen molar-refractivity contribution in [3.63, 3.8) is 0 Å². The number of carbonyl (C=O) groups is 2. The van der Waals surface area contributed by atoms with Crippen molar-refractivity contribution in [1.29, 1.82) is 0 Å². The highest BCUT2D eigenvalue weighted by molar-refractivity contribution is 6.39. The molecule has 0 spiro atoms. The molecule has 0 bridgehead atoms. The van der Waals surface area contributed by atoms with Gasteiger partial charge in [-0.3, -0.25) is 9.59 Å². The van der Waals surface area contributed by atoms with Crippen LogP contribution in [0.15, 0.2) is 47.6 Å². The van der Waals surface area contributed by atoms with Crippen LogP contribution in [-0.2, 0) is 9.59 Å². The number of benzene rings is 2. The first-order valence-corrected chi connectivity index (χ1v) is 7.31. The molecular weight excluding hydrogens is 314 g/mol. The Hall–Kier alpha value is -2.66. The molecule has 2 rings (SSSR count). The zero-order valence-electron chi connectivity index (χ0n) is 12.8. The molecule has 5 nitrogen and oxygen atoms in total. The van der Waals surface area contributed by atoms with Crippen LogP contribution in [0.2, 0.25) is 5.02 Å². The van der Waals surface area contributed by atoms with Crippen LogP contribution in [0, 0.1) is 13.8 Å². The van der Waals surface area contributed by atoms with E-state index in [2.05, 4.69) is 15.8 Å². The molecule has 0 heterocycles. The molecule has 2 amide bonds. The fraction of sp³-hybridized carbons (Fsp3) is 0.118. The number of rotatable bonds is 3. The Kier molecular flexibility index (Phi) is 5.49. The van der Waals surface area contributed by atoms with Crippen molar-refractivity contribution in [3.05, 3.63) is 64.2 Å². The molecule has 0 fully saturated rings. The van der Waals surface area contributed by atoms with Crippen LogP contribution in [0.3, 0.4) is 0 Å². The van der Waals surface area contributed by atoms with E-state index in [0.29, 0.717) is 10.7 Å². The molecule has 0 aliphatic carbocycles. The highest BCUT2D eigenvalue weighted by atomic mass is 35.5. The number of anilines is 1. The number of aryl methyl sites for hydroxylation is 2. The first kappa shape index (κ1) is 16.7. The zero-order valence-corrected chi connectivity index (χ0v) is 13.5. The maximum absolute atomic E-state index is 11.8. The predicted octanol–water partition coefficient (Wildman–Crippen LogP) is 3.05. The van der Waals surface area contributed by atoms with Crippen molar-refractivity contribution in [2.45, 2.75) is 13.8 Å². The lowest BCUT2D eigenvalue weighted by Crippen LogP contribution is -2.32. The molecule has 2 aromatic carbocycles. The number of nitrogens with zero attached hydrogens (tertiary/aromatic N) is 1. The summed E-state index contributed by atoms with van der Waals surface area (Å²) in [5.41, 5.74) is 5.43. The van der Waals surface area contributed by atoms with Gasteiger partial charge < -0.3 is 5.32 Å². The molecular formula is C17H16ClN3O2. The van der Waals surface area contributed by atoms with E-state index in [-0.39, 0.29) is 0 Å². The summed E-state index contributed by atoms with van der Waals surface area (Å²) in [7, 11) is 0. The summed E-state index contributed by atoms with van der Waals surface area (Å²) >= 11 is 5.84. The summed E-state index contributed by atoms with van der Waals surface area (Å²) in [6.07, 6.45) is 1.47. The quantitative estimate of drug-likeness (QED) is 0.516. The van der Waals surface area contributed by atoms with Crippen molar-refractivity contribution >= 4 is 35.3 Å². The summed E-state index contributed by atoms with van der Waals surface area (Å²) in [5, 5.41) is 6.84. The molecule has 23 heavy (non-hydrogen) atoms. The monoisotopic (exact) mass is 329 g/mol. The standard InChI is InChI=1S/C17H16ClN3O2/c1-11-3-5-13(6-4-11)10-19-21-17(23)16(22)20-15-8-7-14(18)9-12(15)2/h3-10H,1-2H3,(H,20,22)(H,21,23)/b19-10-. The van der Waals surface area contributed by atoms with Crippen LogP contribution >= 0.6 is 11.6 Å². The fourth-order valence-corrected chi connectivity index (χ4v) is 2.04. The molecule has 0 aliphatic heterocycles. The lowest BCUT2D eigenvalue weighted by molar-refractivity contribution is -0.136. The van der Waals surface area contributed by atoms with Crippen LogP contribution in [0.1, 0.15) is 16.7 Å². The second-order valence-corrected chi connectivity index (χ2v) is 5.46. The Balaban J connectivity index is 1.92. The van der Waals surface area contributed by atoms with Gasteiger partial charge in [0.15, 0.2) is 0 Å². The van der Waals surface area contributed by atoms with Gasteiger partial charge in [0.2, 0.25) is 0 Å². The molecule has 0 aliphatic rings. The van der Waals surface area contributed by atoms with Gasteiger partial charge in [-0.25, -0.2) is 5.43 Å². The summed E-state index contributed by atoms with van der Waals surface area (Å²) in [6.45, 7) is 3.76. The second-order valence-electron chi connectivity index (χ2n) is 5.02. The zero-order chi connectivity index (χ0) is 16.8. The Labute approximate surface area is 139 Å². The minimum absolute atomic E-state index is 0.525. The van der Waals surface area contributed by atoms with Gasteiger partial charge in [-0.2, -0.15) is 5.10 Å². The Morgan fingerprint density at radius 2 is 1.74 bits per heavy atom. The van der Waals surface area contributed by atoms with E-state index in [1.54, 1.807) is 25.1 Å². The van der Waals surface area contributed by atoms with Crippen molar-refractivity contribution in [3.8, 4) is 0 Å². The number of carbonyl (C=O) groups excluding carboxylic acids is 2. The van der Waals surface area contributed by atoms with Gasteiger partial charge in [0, 0.05) is 10.7 Å². The third-order valence-corrected chi connectivity index (χ3v) is 3.34. The van der Waals surface area contributed by atoms with Gasteiger partial charge in [0.1, 0.15) is 0 Å². The van der Waals surface area contributed by atoms with Gasteiger partial charge in [-0.1, -0.05) is 41.4 Å². The SMILES string of the molecule is Cc1ccc(/C=N\NC(=O)C(=O)Nc2ccc(Cl)cc2C)cc1. The van der Waals surface area contributed by atoms with Crippen LogP contribution in [-0.4, -0.2) is 18.0 Å². The molecule has 0 saturated heterocycles. The Morgan fingerprint density at radius 3 is 2.39 bits per heavy atom. The minimum Gasteiger partial charge on any atom is -0.317 e. The van der Waals surface area contributed by atoms with Gasteiger partial charge in [-0.05, 0) is 43.2 Å². The van der Waals surface area contributed by atoms with E-state index < -0.39 is 11.8 Å². The molecule has 0 radical (unpaired) electrons. The van der Waals surface area contributed by atoms with Crippen LogP contribution in [0.25, 0.3) is 0 Å². The van der Waals surface area contributed by atoms with E-state index >= 15 is 0 Å². The van der Waals surface area contributed by atoms with E-state index in [1.165, 1.54) is 6.21 Å². The van der Waals surface area contributed by atoms with E-state index in [0.717, 1.165) is 16.7 Å². The number of amides is 2. The fourth-order valence-electron chi connectivity index (χ4n) is 1.82. The second kappa shape index (κ2) is 7.56. The molecule has 0 saturated carbocycles. The highest BCUT2D eigenvalue weighted by Crippen LogP contribution is 2.19. The number of hydrogen-bond acceptors (Lipinski definition) is 3. The molecule has 0 unspecified atom stereocenters. The third-order valence-electron chi connectivity index (χ3n) is 3.10.